The minimum absolute atomic E-state index is 0.177. The first-order valence-electron chi connectivity index (χ1n) is 8.20. The van der Waals surface area contributed by atoms with Gasteiger partial charge in [-0.25, -0.2) is 0 Å². The van der Waals surface area contributed by atoms with Gasteiger partial charge in [0.2, 0.25) is 0 Å². The number of hydrogen-bond donors (Lipinski definition) is 1. The second kappa shape index (κ2) is 9.41. The average Bonchev–Trinajstić information content (AvgIpc) is 2.45. The molecule has 2 nitrogen and oxygen atoms in total. The molecule has 0 fully saturated rings. The van der Waals surface area contributed by atoms with Gasteiger partial charge in [0.05, 0.1) is 6.61 Å². The van der Waals surface area contributed by atoms with Gasteiger partial charge >= 0.3 is 0 Å². The van der Waals surface area contributed by atoms with Crippen molar-refractivity contribution >= 4 is 0 Å². The minimum Gasteiger partial charge on any atom is -0.368 e. The molecule has 0 heterocycles. The second-order valence-corrected chi connectivity index (χ2v) is 7.27. The predicted octanol–water partition coefficient (Wildman–Crippen LogP) is 4.16. The van der Waals surface area contributed by atoms with Gasteiger partial charge in [0.15, 0.2) is 0 Å². The number of rotatable bonds is 5. The van der Waals surface area contributed by atoms with Gasteiger partial charge in [0.1, 0.15) is 6.61 Å². The van der Waals surface area contributed by atoms with Crippen LogP contribution in [0.2, 0.25) is 0 Å². The van der Waals surface area contributed by atoms with Crippen LogP contribution >= 0.6 is 0 Å². The van der Waals surface area contributed by atoms with Gasteiger partial charge in [-0.05, 0) is 41.9 Å². The Morgan fingerprint density at radius 1 is 1.04 bits per heavy atom. The fraction of sp³-hybridized carbons (Fsp3) is 0.524. The standard InChI is InChI=1S/C21H29NO/c1-17(2)22-18(3)20-13-11-19(12-14-20)10-8-7-9-15-23-16-21(4,5)6/h11-14,17-18,22H,15-16H2,1-6H3. The van der Waals surface area contributed by atoms with Crippen LogP contribution in [0.5, 0.6) is 0 Å². The van der Waals surface area contributed by atoms with Crippen LogP contribution in [0.15, 0.2) is 24.3 Å². The quantitative estimate of drug-likeness (QED) is 0.651. The van der Waals surface area contributed by atoms with Gasteiger partial charge in [-0.2, -0.15) is 0 Å². The van der Waals surface area contributed by atoms with E-state index in [9.17, 15) is 0 Å². The van der Waals surface area contributed by atoms with E-state index in [-0.39, 0.29) is 5.41 Å². The van der Waals surface area contributed by atoms with E-state index in [0.29, 0.717) is 25.3 Å². The summed E-state index contributed by atoms with van der Waals surface area (Å²) in [5.41, 5.74) is 2.43. The molecule has 0 aromatic heterocycles. The highest BCUT2D eigenvalue weighted by Gasteiger charge is 2.08. The maximum absolute atomic E-state index is 5.48. The van der Waals surface area contributed by atoms with Crippen LogP contribution in [-0.2, 0) is 4.74 Å². The molecule has 1 unspecified atom stereocenters. The third kappa shape index (κ3) is 9.09. The molecule has 0 bridgehead atoms. The molecule has 1 N–H and O–H groups in total. The molecule has 0 saturated heterocycles. The normalized spacial score (nSPS) is 12.1. The fourth-order valence-electron chi connectivity index (χ4n) is 2.04. The third-order valence-corrected chi connectivity index (χ3v) is 3.06. The zero-order chi connectivity index (χ0) is 17.3. The summed E-state index contributed by atoms with van der Waals surface area (Å²) in [5.74, 6) is 11.7. The Kier molecular flexibility index (Phi) is 7.90. The molecule has 124 valence electrons. The molecular formula is C21H29NO. The van der Waals surface area contributed by atoms with E-state index in [0.717, 1.165) is 5.56 Å². The van der Waals surface area contributed by atoms with E-state index in [1.54, 1.807) is 0 Å². The fourth-order valence-corrected chi connectivity index (χ4v) is 2.04. The van der Waals surface area contributed by atoms with Crippen LogP contribution in [0.1, 0.15) is 58.7 Å². The Morgan fingerprint density at radius 2 is 1.70 bits per heavy atom. The third-order valence-electron chi connectivity index (χ3n) is 3.06. The van der Waals surface area contributed by atoms with Crippen LogP contribution < -0.4 is 5.32 Å². The summed E-state index contributed by atoms with van der Waals surface area (Å²) in [4.78, 5) is 0. The monoisotopic (exact) mass is 311 g/mol. The van der Waals surface area contributed by atoms with Crippen molar-refractivity contribution in [1.82, 2.24) is 5.32 Å². The van der Waals surface area contributed by atoms with Gasteiger partial charge in [-0.3, -0.25) is 0 Å². The van der Waals surface area contributed by atoms with Gasteiger partial charge < -0.3 is 10.1 Å². The molecule has 0 aliphatic carbocycles. The highest BCUT2D eigenvalue weighted by molar-refractivity contribution is 5.41. The Bertz CT molecular complexity index is 585. The summed E-state index contributed by atoms with van der Waals surface area (Å²) in [5, 5.41) is 3.49. The molecule has 23 heavy (non-hydrogen) atoms. The van der Waals surface area contributed by atoms with Crippen LogP contribution in [0.3, 0.4) is 0 Å². The van der Waals surface area contributed by atoms with Crippen LogP contribution in [0, 0.1) is 29.1 Å². The van der Waals surface area contributed by atoms with Crippen molar-refractivity contribution in [3.8, 4) is 23.7 Å². The minimum atomic E-state index is 0.177. The van der Waals surface area contributed by atoms with Crippen molar-refractivity contribution in [3.05, 3.63) is 35.4 Å². The molecule has 0 aliphatic heterocycles. The topological polar surface area (TPSA) is 21.3 Å². The van der Waals surface area contributed by atoms with E-state index in [1.165, 1.54) is 5.56 Å². The smallest absolute Gasteiger partial charge is 0.108 e. The molecular weight excluding hydrogens is 282 g/mol. The summed E-state index contributed by atoms with van der Waals surface area (Å²) in [6.45, 7) is 14.0. The number of ether oxygens (including phenoxy) is 1. The van der Waals surface area contributed by atoms with Crippen LogP contribution in [0.4, 0.5) is 0 Å². The van der Waals surface area contributed by atoms with Crippen molar-refractivity contribution in [2.24, 2.45) is 5.41 Å². The highest BCUT2D eigenvalue weighted by atomic mass is 16.5. The maximum atomic E-state index is 5.48. The van der Waals surface area contributed by atoms with Crippen molar-refractivity contribution in [1.29, 1.82) is 0 Å². The summed E-state index contributed by atoms with van der Waals surface area (Å²) in [6, 6.07) is 9.13. The summed E-state index contributed by atoms with van der Waals surface area (Å²) >= 11 is 0. The lowest BCUT2D eigenvalue weighted by Crippen LogP contribution is -2.25. The molecule has 1 aromatic rings. The SMILES string of the molecule is CC(C)NC(C)c1ccc(C#CC#CCOCC(C)(C)C)cc1. The van der Waals surface area contributed by atoms with Gasteiger partial charge in [-0.15, -0.1) is 0 Å². The second-order valence-electron chi connectivity index (χ2n) is 7.27. The van der Waals surface area contributed by atoms with E-state index in [4.69, 9.17) is 4.74 Å². The largest absolute Gasteiger partial charge is 0.368 e. The average molecular weight is 311 g/mol. The lowest BCUT2D eigenvalue weighted by Gasteiger charge is -2.17. The Hall–Kier alpha value is -1.74. The Labute approximate surface area is 142 Å². The molecule has 0 amide bonds. The molecule has 0 radical (unpaired) electrons. The van der Waals surface area contributed by atoms with Crippen molar-refractivity contribution in [3.63, 3.8) is 0 Å². The molecule has 1 atom stereocenters. The van der Waals surface area contributed by atoms with Gasteiger partial charge in [0, 0.05) is 17.6 Å². The molecule has 2 heteroatoms. The molecule has 0 aliphatic rings. The van der Waals surface area contributed by atoms with Crippen LogP contribution in [-0.4, -0.2) is 19.3 Å². The highest BCUT2D eigenvalue weighted by Crippen LogP contribution is 2.14. The Balaban J connectivity index is 2.48. The molecule has 1 aromatic carbocycles. The zero-order valence-corrected chi connectivity index (χ0v) is 15.3. The summed E-state index contributed by atoms with van der Waals surface area (Å²) < 4.78 is 5.48. The zero-order valence-electron chi connectivity index (χ0n) is 15.3. The lowest BCUT2D eigenvalue weighted by atomic mass is 9.99. The predicted molar refractivity (Wildman–Crippen MR) is 98.1 cm³/mol. The van der Waals surface area contributed by atoms with E-state index in [1.807, 2.05) is 12.1 Å². The molecule has 0 saturated carbocycles. The van der Waals surface area contributed by atoms with Crippen LogP contribution in [0.25, 0.3) is 0 Å². The van der Waals surface area contributed by atoms with Crippen molar-refractivity contribution in [2.75, 3.05) is 13.2 Å². The van der Waals surface area contributed by atoms with E-state index < -0.39 is 0 Å². The first-order valence-corrected chi connectivity index (χ1v) is 8.20. The van der Waals surface area contributed by atoms with Crippen molar-refractivity contribution in [2.45, 2.75) is 53.6 Å². The number of hydrogen-bond acceptors (Lipinski definition) is 2. The lowest BCUT2D eigenvalue weighted by molar-refractivity contribution is 0.0943. The van der Waals surface area contributed by atoms with Crippen molar-refractivity contribution < 1.29 is 4.74 Å². The number of benzene rings is 1. The number of nitrogens with one attached hydrogen (secondary N) is 1. The first-order chi connectivity index (χ1) is 10.8. The molecule has 0 spiro atoms. The summed E-state index contributed by atoms with van der Waals surface area (Å²) in [7, 11) is 0. The van der Waals surface area contributed by atoms with E-state index in [2.05, 4.69) is 82.7 Å². The maximum Gasteiger partial charge on any atom is 0.108 e. The van der Waals surface area contributed by atoms with E-state index >= 15 is 0 Å². The molecule has 1 rings (SSSR count). The first kappa shape index (κ1) is 19.3. The Morgan fingerprint density at radius 3 is 2.26 bits per heavy atom. The van der Waals surface area contributed by atoms with Gasteiger partial charge in [0.25, 0.3) is 0 Å². The van der Waals surface area contributed by atoms with Gasteiger partial charge in [-0.1, -0.05) is 58.6 Å². The summed E-state index contributed by atoms with van der Waals surface area (Å²) in [6.07, 6.45) is 0.